The van der Waals surface area contributed by atoms with Gasteiger partial charge in [-0.3, -0.25) is 0 Å². The summed E-state index contributed by atoms with van der Waals surface area (Å²) in [7, 11) is 0. The molecular formula is C7H5BrF4N2. The molecule has 1 rings (SSSR count). The number of nitrogens with zero attached hydrogens (tertiary/aromatic N) is 1. The molecule has 0 saturated heterocycles. The SMILES string of the molecule is NC(c1cc(Br)cnc1F)C(F)(F)F. The largest absolute Gasteiger partial charge is 0.407 e. The first kappa shape index (κ1) is 11.4. The number of halogens is 5. The molecule has 0 aromatic carbocycles. The van der Waals surface area contributed by atoms with E-state index in [1.165, 1.54) is 0 Å². The summed E-state index contributed by atoms with van der Waals surface area (Å²) in [6.07, 6.45) is -3.62. The van der Waals surface area contributed by atoms with Crippen LogP contribution in [-0.2, 0) is 0 Å². The van der Waals surface area contributed by atoms with Crippen LogP contribution in [0, 0.1) is 5.95 Å². The highest BCUT2D eigenvalue weighted by molar-refractivity contribution is 9.10. The number of alkyl halides is 3. The Morgan fingerprint density at radius 1 is 1.43 bits per heavy atom. The second-order valence-electron chi connectivity index (χ2n) is 2.55. The van der Waals surface area contributed by atoms with Crippen molar-refractivity contribution in [1.82, 2.24) is 4.98 Å². The first-order valence-electron chi connectivity index (χ1n) is 3.45. The van der Waals surface area contributed by atoms with Crippen LogP contribution in [0.5, 0.6) is 0 Å². The van der Waals surface area contributed by atoms with E-state index in [1.54, 1.807) is 0 Å². The summed E-state index contributed by atoms with van der Waals surface area (Å²) in [5.74, 6) is -1.21. The van der Waals surface area contributed by atoms with Crippen LogP contribution >= 0.6 is 15.9 Å². The number of pyridine rings is 1. The van der Waals surface area contributed by atoms with Gasteiger partial charge in [-0.1, -0.05) is 0 Å². The lowest BCUT2D eigenvalue weighted by Crippen LogP contribution is -2.29. The van der Waals surface area contributed by atoms with E-state index in [1.807, 2.05) is 0 Å². The van der Waals surface area contributed by atoms with Gasteiger partial charge >= 0.3 is 6.18 Å². The van der Waals surface area contributed by atoms with Crippen LogP contribution in [0.1, 0.15) is 11.6 Å². The zero-order chi connectivity index (χ0) is 10.9. The first-order chi connectivity index (χ1) is 6.32. The lowest BCUT2D eigenvalue weighted by Gasteiger charge is -2.15. The van der Waals surface area contributed by atoms with Gasteiger partial charge < -0.3 is 5.73 Å². The molecule has 0 fully saturated rings. The van der Waals surface area contributed by atoms with Gasteiger partial charge in [-0.25, -0.2) is 4.98 Å². The minimum atomic E-state index is -4.68. The fourth-order valence-corrected chi connectivity index (χ4v) is 1.18. The Morgan fingerprint density at radius 3 is 2.50 bits per heavy atom. The Kier molecular flexibility index (Phi) is 3.10. The molecule has 1 atom stereocenters. The van der Waals surface area contributed by atoms with Crippen molar-refractivity contribution in [3.63, 3.8) is 0 Å². The third-order valence-electron chi connectivity index (χ3n) is 1.52. The van der Waals surface area contributed by atoms with Gasteiger partial charge in [0.2, 0.25) is 5.95 Å². The lowest BCUT2D eigenvalue weighted by atomic mass is 10.1. The highest BCUT2D eigenvalue weighted by Crippen LogP contribution is 2.32. The number of hydrogen-bond donors (Lipinski definition) is 1. The molecule has 1 aromatic heterocycles. The minimum absolute atomic E-state index is 0.244. The molecule has 1 unspecified atom stereocenters. The predicted octanol–water partition coefficient (Wildman–Crippen LogP) is 2.55. The second kappa shape index (κ2) is 3.82. The average Bonchev–Trinajstić information content (AvgIpc) is 2.06. The molecule has 0 aliphatic heterocycles. The van der Waals surface area contributed by atoms with Crippen molar-refractivity contribution in [2.24, 2.45) is 5.73 Å². The molecule has 0 amide bonds. The molecule has 14 heavy (non-hydrogen) atoms. The molecule has 1 heterocycles. The van der Waals surface area contributed by atoms with Crippen LogP contribution in [0.4, 0.5) is 17.6 Å². The summed E-state index contributed by atoms with van der Waals surface area (Å²) in [4.78, 5) is 3.12. The molecule has 78 valence electrons. The summed E-state index contributed by atoms with van der Waals surface area (Å²) in [5, 5.41) is 0. The first-order valence-corrected chi connectivity index (χ1v) is 4.25. The normalized spacial score (nSPS) is 14.1. The number of aromatic nitrogens is 1. The van der Waals surface area contributed by atoms with Crippen molar-refractivity contribution in [2.75, 3.05) is 0 Å². The Bertz CT molecular complexity index is 339. The van der Waals surface area contributed by atoms with Gasteiger partial charge in [0, 0.05) is 16.2 Å². The van der Waals surface area contributed by atoms with Gasteiger partial charge in [-0.2, -0.15) is 17.6 Å². The van der Waals surface area contributed by atoms with Crippen LogP contribution in [0.3, 0.4) is 0 Å². The molecule has 7 heteroatoms. The Labute approximate surface area is 85.3 Å². The van der Waals surface area contributed by atoms with Crippen molar-refractivity contribution in [1.29, 1.82) is 0 Å². The molecule has 0 spiro atoms. The third kappa shape index (κ3) is 2.42. The molecule has 2 N–H and O–H groups in total. The van der Waals surface area contributed by atoms with E-state index in [-0.39, 0.29) is 4.47 Å². The number of nitrogens with two attached hydrogens (primary N) is 1. The van der Waals surface area contributed by atoms with E-state index in [2.05, 4.69) is 20.9 Å². The van der Waals surface area contributed by atoms with E-state index in [4.69, 9.17) is 5.73 Å². The Morgan fingerprint density at radius 2 is 2.00 bits per heavy atom. The standard InChI is InChI=1S/C7H5BrF4N2/c8-3-1-4(6(9)14-2-3)5(13)7(10,11)12/h1-2,5H,13H2. The molecule has 0 aliphatic carbocycles. The van der Waals surface area contributed by atoms with Crippen LogP contribution in [0.2, 0.25) is 0 Å². The maximum atomic E-state index is 12.8. The molecule has 0 radical (unpaired) electrons. The highest BCUT2D eigenvalue weighted by atomic mass is 79.9. The third-order valence-corrected chi connectivity index (χ3v) is 1.95. The maximum Gasteiger partial charge on any atom is 0.407 e. The topological polar surface area (TPSA) is 38.9 Å². The van der Waals surface area contributed by atoms with E-state index >= 15 is 0 Å². The number of rotatable bonds is 1. The van der Waals surface area contributed by atoms with Crippen LogP contribution < -0.4 is 5.73 Å². The summed E-state index contributed by atoms with van der Waals surface area (Å²) in [6.45, 7) is 0. The summed E-state index contributed by atoms with van der Waals surface area (Å²) < 4.78 is 49.4. The fourth-order valence-electron chi connectivity index (χ4n) is 0.833. The van der Waals surface area contributed by atoms with Crippen molar-refractivity contribution in [2.45, 2.75) is 12.2 Å². The van der Waals surface area contributed by atoms with Crippen LogP contribution in [0.25, 0.3) is 0 Å². The van der Waals surface area contributed by atoms with E-state index in [9.17, 15) is 17.6 Å². The van der Waals surface area contributed by atoms with Gasteiger partial charge in [0.15, 0.2) is 0 Å². The molecule has 2 nitrogen and oxygen atoms in total. The van der Waals surface area contributed by atoms with Gasteiger partial charge in [-0.15, -0.1) is 0 Å². The van der Waals surface area contributed by atoms with E-state index < -0.39 is 23.7 Å². The molecular weight excluding hydrogens is 268 g/mol. The quantitative estimate of drug-likeness (QED) is 0.630. The van der Waals surface area contributed by atoms with Gasteiger partial charge in [0.25, 0.3) is 0 Å². The number of hydrogen-bond acceptors (Lipinski definition) is 2. The van der Waals surface area contributed by atoms with Crippen molar-refractivity contribution < 1.29 is 17.6 Å². The molecule has 0 bridgehead atoms. The van der Waals surface area contributed by atoms with Gasteiger partial charge in [0.05, 0.1) is 0 Å². The predicted molar refractivity (Wildman–Crippen MR) is 44.9 cm³/mol. The Balaban J connectivity index is 3.12. The van der Waals surface area contributed by atoms with Crippen molar-refractivity contribution in [3.8, 4) is 0 Å². The van der Waals surface area contributed by atoms with Crippen molar-refractivity contribution in [3.05, 3.63) is 28.2 Å². The average molecular weight is 273 g/mol. The van der Waals surface area contributed by atoms with Crippen LogP contribution in [0.15, 0.2) is 16.7 Å². The second-order valence-corrected chi connectivity index (χ2v) is 3.47. The molecule has 0 saturated carbocycles. The van der Waals surface area contributed by atoms with Gasteiger partial charge in [0.1, 0.15) is 6.04 Å². The van der Waals surface area contributed by atoms with E-state index in [0.717, 1.165) is 12.3 Å². The zero-order valence-electron chi connectivity index (χ0n) is 6.65. The summed E-state index contributed by atoms with van der Waals surface area (Å²) >= 11 is 2.88. The summed E-state index contributed by atoms with van der Waals surface area (Å²) in [5.41, 5.74) is 4.14. The van der Waals surface area contributed by atoms with Crippen molar-refractivity contribution >= 4 is 15.9 Å². The zero-order valence-corrected chi connectivity index (χ0v) is 8.23. The molecule has 1 aromatic rings. The fraction of sp³-hybridized carbons (Fsp3) is 0.286. The van der Waals surface area contributed by atoms with Gasteiger partial charge in [-0.05, 0) is 22.0 Å². The van der Waals surface area contributed by atoms with Crippen LogP contribution in [-0.4, -0.2) is 11.2 Å². The minimum Gasteiger partial charge on any atom is -0.316 e. The lowest BCUT2D eigenvalue weighted by molar-refractivity contribution is -0.149. The summed E-state index contributed by atoms with van der Waals surface area (Å²) in [6, 6.07) is -1.40. The Hall–Kier alpha value is -0.690. The monoisotopic (exact) mass is 272 g/mol. The molecule has 0 aliphatic rings. The van der Waals surface area contributed by atoms with E-state index in [0.29, 0.717) is 0 Å². The smallest absolute Gasteiger partial charge is 0.316 e. The maximum absolute atomic E-state index is 12.8. The highest BCUT2D eigenvalue weighted by Gasteiger charge is 2.39.